The molecule has 0 saturated carbocycles. The van der Waals surface area contributed by atoms with Crippen molar-refractivity contribution in [2.24, 2.45) is 5.92 Å². The van der Waals surface area contributed by atoms with Gasteiger partial charge in [-0.2, -0.15) is 5.10 Å². The van der Waals surface area contributed by atoms with E-state index < -0.39 is 5.60 Å². The van der Waals surface area contributed by atoms with E-state index in [1.54, 1.807) is 0 Å². The number of rotatable bonds is 7. The van der Waals surface area contributed by atoms with Gasteiger partial charge in [0.1, 0.15) is 11.8 Å². The van der Waals surface area contributed by atoms with Crippen molar-refractivity contribution in [3.05, 3.63) is 23.5 Å². The Hall–Kier alpha value is -1.86. The fraction of sp³-hybridized carbons (Fsp3) is 0.750. The fourth-order valence-corrected chi connectivity index (χ4v) is 4.11. The number of nitrogens with one attached hydrogen (secondary N) is 1. The van der Waals surface area contributed by atoms with Gasteiger partial charge in [0.05, 0.1) is 5.69 Å². The average molecular weight is 433 g/mol. The predicted octanol–water partition coefficient (Wildman–Crippen LogP) is 4.74. The number of allylic oxidation sites excluding steroid dienone is 2. The third-order valence-electron chi connectivity index (χ3n) is 5.84. The van der Waals surface area contributed by atoms with Crippen LogP contribution in [-0.2, 0) is 16.0 Å². The lowest BCUT2D eigenvalue weighted by molar-refractivity contribution is -0.0396. The van der Waals surface area contributed by atoms with E-state index >= 15 is 0 Å². The minimum atomic E-state index is -0.480. The zero-order chi connectivity index (χ0) is 22.4. The highest BCUT2D eigenvalue weighted by Gasteiger charge is 2.23. The number of nitrogens with zero attached hydrogens (tertiary/aromatic N) is 3. The predicted molar refractivity (Wildman–Crippen MR) is 123 cm³/mol. The van der Waals surface area contributed by atoms with Crippen LogP contribution in [0.15, 0.2) is 12.3 Å². The maximum absolute atomic E-state index is 11.9. The molecule has 1 aliphatic carbocycles. The van der Waals surface area contributed by atoms with Gasteiger partial charge >= 0.3 is 6.09 Å². The van der Waals surface area contributed by atoms with Crippen LogP contribution in [0.3, 0.4) is 0 Å². The summed E-state index contributed by atoms with van der Waals surface area (Å²) in [6.07, 6.45) is 11.0. The summed E-state index contributed by atoms with van der Waals surface area (Å²) in [6.45, 7) is 10.8. The van der Waals surface area contributed by atoms with Crippen LogP contribution < -0.4 is 5.32 Å². The van der Waals surface area contributed by atoms with E-state index in [9.17, 15) is 4.79 Å². The molecule has 0 spiro atoms. The van der Waals surface area contributed by atoms with Crippen molar-refractivity contribution < 1.29 is 14.3 Å². The first-order valence-electron chi connectivity index (χ1n) is 11.8. The molecular formula is C24H40N4O3. The van der Waals surface area contributed by atoms with Crippen LogP contribution in [0.2, 0.25) is 0 Å². The Morgan fingerprint density at radius 1 is 1.35 bits per heavy atom. The van der Waals surface area contributed by atoms with E-state index in [2.05, 4.69) is 36.5 Å². The van der Waals surface area contributed by atoms with Crippen molar-refractivity contribution in [3.8, 4) is 0 Å². The molecule has 7 nitrogen and oxygen atoms in total. The maximum Gasteiger partial charge on any atom is 0.407 e. The van der Waals surface area contributed by atoms with E-state index in [-0.39, 0.29) is 12.3 Å². The van der Waals surface area contributed by atoms with Crippen LogP contribution in [0.25, 0.3) is 5.57 Å². The second-order valence-corrected chi connectivity index (χ2v) is 10.1. The molecule has 1 N–H and O–H groups in total. The third kappa shape index (κ3) is 7.35. The highest BCUT2D eigenvalue weighted by molar-refractivity contribution is 5.67. The van der Waals surface area contributed by atoms with Crippen molar-refractivity contribution in [2.75, 3.05) is 26.7 Å². The first-order chi connectivity index (χ1) is 14.7. The summed E-state index contributed by atoms with van der Waals surface area (Å²) in [4.78, 5) is 14.1. The van der Waals surface area contributed by atoms with Gasteiger partial charge in [0.25, 0.3) is 0 Å². The minimum absolute atomic E-state index is 0.0449. The van der Waals surface area contributed by atoms with Gasteiger partial charge in [0, 0.05) is 38.0 Å². The van der Waals surface area contributed by atoms with Crippen molar-refractivity contribution in [1.29, 1.82) is 0 Å². The number of carbonyl (C=O) groups is 1. The minimum Gasteiger partial charge on any atom is -0.444 e. The average Bonchev–Trinajstić information content (AvgIpc) is 3.11. The van der Waals surface area contributed by atoms with Crippen molar-refractivity contribution in [1.82, 2.24) is 20.0 Å². The zero-order valence-corrected chi connectivity index (χ0v) is 19.9. The molecule has 1 aromatic heterocycles. The smallest absolute Gasteiger partial charge is 0.407 e. The third-order valence-corrected chi connectivity index (χ3v) is 5.84. The molecule has 174 valence electrons. The largest absolute Gasteiger partial charge is 0.444 e. The van der Waals surface area contributed by atoms with Crippen LogP contribution in [-0.4, -0.2) is 53.1 Å². The molecule has 1 fully saturated rings. The fourth-order valence-electron chi connectivity index (χ4n) is 4.11. The van der Waals surface area contributed by atoms with Crippen LogP contribution in [0.5, 0.6) is 0 Å². The molecule has 1 saturated heterocycles. The molecule has 2 heterocycles. The lowest BCUT2D eigenvalue weighted by Crippen LogP contribution is -2.36. The Morgan fingerprint density at radius 3 is 2.81 bits per heavy atom. The van der Waals surface area contributed by atoms with E-state index in [1.807, 2.05) is 25.5 Å². The monoisotopic (exact) mass is 432 g/mol. The van der Waals surface area contributed by atoms with Gasteiger partial charge in [-0.15, -0.1) is 0 Å². The second kappa shape index (κ2) is 10.6. The summed E-state index contributed by atoms with van der Waals surface area (Å²) in [6, 6.07) is 0. The summed E-state index contributed by atoms with van der Waals surface area (Å²) in [5.74, 6) is 0.748. The summed E-state index contributed by atoms with van der Waals surface area (Å²) in [7, 11) is 2.08. The topological polar surface area (TPSA) is 68.6 Å². The Bertz CT molecular complexity index is 759. The molecular weight excluding hydrogens is 392 g/mol. The molecule has 2 aliphatic rings. The summed E-state index contributed by atoms with van der Waals surface area (Å²) < 4.78 is 13.3. The molecule has 7 heteroatoms. The number of likely N-dealkylation sites (N-methyl/N-ethyl adjacent to an activating group) is 1. The van der Waals surface area contributed by atoms with E-state index in [4.69, 9.17) is 14.6 Å². The molecule has 1 aliphatic heterocycles. The van der Waals surface area contributed by atoms with Gasteiger partial charge in [0.2, 0.25) is 0 Å². The highest BCUT2D eigenvalue weighted by Crippen LogP contribution is 2.32. The first-order valence-corrected chi connectivity index (χ1v) is 11.8. The number of alkyl carbamates (subject to hydrolysis) is 1. The number of ether oxygens (including phenoxy) is 2. The zero-order valence-electron chi connectivity index (χ0n) is 19.9. The number of hydrogen-bond acceptors (Lipinski definition) is 5. The van der Waals surface area contributed by atoms with Crippen molar-refractivity contribution >= 4 is 11.7 Å². The first kappa shape index (κ1) is 23.8. The van der Waals surface area contributed by atoms with Crippen LogP contribution in [0.1, 0.15) is 83.7 Å². The van der Waals surface area contributed by atoms with Crippen LogP contribution in [0.4, 0.5) is 4.79 Å². The Kier molecular flexibility index (Phi) is 8.17. The van der Waals surface area contributed by atoms with Crippen LogP contribution >= 0.6 is 0 Å². The SMILES string of the molecule is CC1CC=C(c2nn(C3CCCCO3)cc2CN(C)CCNC(=O)OC(C)(C)C)CC1. The van der Waals surface area contributed by atoms with Gasteiger partial charge in [-0.3, -0.25) is 0 Å². The number of aromatic nitrogens is 2. The second-order valence-electron chi connectivity index (χ2n) is 10.1. The molecule has 0 bridgehead atoms. The number of hydrogen-bond donors (Lipinski definition) is 1. The molecule has 0 aromatic carbocycles. The summed E-state index contributed by atoms with van der Waals surface area (Å²) in [5, 5.41) is 7.83. The van der Waals surface area contributed by atoms with Crippen LogP contribution in [0, 0.1) is 5.92 Å². The normalized spacial score (nSPS) is 22.3. The van der Waals surface area contributed by atoms with E-state index in [0.717, 1.165) is 57.0 Å². The van der Waals surface area contributed by atoms with Crippen molar-refractivity contribution in [3.63, 3.8) is 0 Å². The van der Waals surface area contributed by atoms with Gasteiger partial charge in [-0.25, -0.2) is 9.48 Å². The van der Waals surface area contributed by atoms with Gasteiger partial charge in [-0.05, 0) is 77.8 Å². The number of carbonyl (C=O) groups excluding carboxylic acids is 1. The summed E-state index contributed by atoms with van der Waals surface area (Å²) in [5.41, 5.74) is 3.23. The maximum atomic E-state index is 11.9. The molecule has 2 atom stereocenters. The molecule has 2 unspecified atom stereocenters. The molecule has 1 amide bonds. The van der Waals surface area contributed by atoms with Gasteiger partial charge in [0.15, 0.2) is 0 Å². The molecule has 1 aromatic rings. The highest BCUT2D eigenvalue weighted by atomic mass is 16.6. The lowest BCUT2D eigenvalue weighted by atomic mass is 9.89. The Labute approximate surface area is 187 Å². The summed E-state index contributed by atoms with van der Waals surface area (Å²) >= 11 is 0. The van der Waals surface area contributed by atoms with E-state index in [1.165, 1.54) is 24.0 Å². The van der Waals surface area contributed by atoms with Gasteiger partial charge in [-0.1, -0.05) is 13.0 Å². The lowest BCUT2D eigenvalue weighted by Gasteiger charge is -2.22. The quantitative estimate of drug-likeness (QED) is 0.674. The number of amides is 1. The Morgan fingerprint density at radius 2 is 2.16 bits per heavy atom. The molecule has 0 radical (unpaired) electrons. The van der Waals surface area contributed by atoms with Crippen molar-refractivity contribution in [2.45, 2.75) is 84.6 Å². The standard InChI is InChI=1S/C24H40N4O3/c1-18-9-11-19(12-10-18)22-20(17-28(26-22)21-8-6-7-15-30-21)16-27(5)14-13-25-23(29)31-24(2,3)4/h11,17-18,21H,6-10,12-16H2,1-5H3,(H,25,29). The van der Waals surface area contributed by atoms with E-state index in [0.29, 0.717) is 6.54 Å². The van der Waals surface area contributed by atoms with Gasteiger partial charge < -0.3 is 19.7 Å². The molecule has 31 heavy (non-hydrogen) atoms. The molecule has 3 rings (SSSR count). The Balaban J connectivity index is 1.64.